The van der Waals surface area contributed by atoms with Crippen LogP contribution in [0.15, 0.2) is 60.0 Å². The number of halogens is 2. The van der Waals surface area contributed by atoms with Crippen LogP contribution in [-0.4, -0.2) is 26.3 Å². The van der Waals surface area contributed by atoms with Gasteiger partial charge in [-0.05, 0) is 48.9 Å². The molecule has 0 spiro atoms. The van der Waals surface area contributed by atoms with E-state index in [-0.39, 0.29) is 18.8 Å². The number of carbonyl (C=O) groups excluding carboxylic acids is 1. The molecule has 31 heavy (non-hydrogen) atoms. The molecule has 0 aliphatic rings. The van der Waals surface area contributed by atoms with E-state index in [0.29, 0.717) is 27.1 Å². The summed E-state index contributed by atoms with van der Waals surface area (Å²) in [5.41, 5.74) is 4.26. The SMILES string of the molecule is C/C(=N\NC(=O)Cn1cc([N+](=O)[O-])cn1)c1ccc(OCc2c(Cl)cccc2Cl)cc1. The molecule has 0 fully saturated rings. The lowest BCUT2D eigenvalue weighted by molar-refractivity contribution is -0.385. The Balaban J connectivity index is 1.55. The first-order chi connectivity index (χ1) is 14.8. The number of benzene rings is 2. The van der Waals surface area contributed by atoms with E-state index in [1.807, 2.05) is 0 Å². The summed E-state index contributed by atoms with van der Waals surface area (Å²) in [4.78, 5) is 22.0. The Kier molecular flexibility index (Phi) is 7.22. The van der Waals surface area contributed by atoms with Crippen molar-refractivity contribution in [1.82, 2.24) is 15.2 Å². The molecule has 0 radical (unpaired) electrons. The first kappa shape index (κ1) is 22.3. The zero-order valence-corrected chi connectivity index (χ0v) is 17.8. The molecule has 9 nitrogen and oxygen atoms in total. The number of amides is 1. The second-order valence-electron chi connectivity index (χ2n) is 6.40. The van der Waals surface area contributed by atoms with Gasteiger partial charge < -0.3 is 4.74 Å². The van der Waals surface area contributed by atoms with Crippen LogP contribution in [0, 0.1) is 10.1 Å². The molecule has 1 N–H and O–H groups in total. The topological polar surface area (TPSA) is 112 Å². The maximum absolute atomic E-state index is 12.0. The number of nitrogens with zero attached hydrogens (tertiary/aromatic N) is 4. The van der Waals surface area contributed by atoms with Crippen LogP contribution < -0.4 is 10.2 Å². The third-order valence-corrected chi connectivity index (χ3v) is 4.91. The summed E-state index contributed by atoms with van der Waals surface area (Å²) in [7, 11) is 0. The van der Waals surface area contributed by atoms with E-state index in [1.54, 1.807) is 49.4 Å². The van der Waals surface area contributed by atoms with E-state index < -0.39 is 10.8 Å². The van der Waals surface area contributed by atoms with Crippen molar-refractivity contribution in [3.05, 3.63) is 86.1 Å². The Bertz CT molecular complexity index is 1110. The molecule has 0 unspecified atom stereocenters. The summed E-state index contributed by atoms with van der Waals surface area (Å²) in [5, 5.41) is 19.5. The van der Waals surface area contributed by atoms with Gasteiger partial charge in [-0.15, -0.1) is 0 Å². The standard InChI is InChI=1S/C20H17Cl2N5O4/c1-13(24-25-20(28)11-26-10-15(9-23-26)27(29)30)14-5-7-16(8-6-14)31-12-17-18(21)3-2-4-19(17)22/h2-10H,11-12H2,1H3,(H,25,28)/b24-13+. The lowest BCUT2D eigenvalue weighted by Gasteiger charge is -2.10. The molecule has 0 aliphatic heterocycles. The average molecular weight is 462 g/mol. The molecule has 11 heteroatoms. The molecule has 0 bridgehead atoms. The van der Waals surface area contributed by atoms with E-state index in [9.17, 15) is 14.9 Å². The lowest BCUT2D eigenvalue weighted by atomic mass is 10.1. The fourth-order valence-corrected chi connectivity index (χ4v) is 3.05. The zero-order valence-electron chi connectivity index (χ0n) is 16.3. The number of hydrogen-bond donors (Lipinski definition) is 1. The summed E-state index contributed by atoms with van der Waals surface area (Å²) >= 11 is 12.3. The molecule has 2 aromatic carbocycles. The highest BCUT2D eigenvalue weighted by Gasteiger charge is 2.11. The van der Waals surface area contributed by atoms with Crippen LogP contribution in [0.2, 0.25) is 10.0 Å². The number of rotatable bonds is 8. The number of nitro groups is 1. The maximum atomic E-state index is 12.0. The molecule has 0 aliphatic carbocycles. The van der Waals surface area contributed by atoms with E-state index in [4.69, 9.17) is 27.9 Å². The minimum absolute atomic E-state index is 0.188. The normalized spacial score (nSPS) is 11.3. The second kappa shape index (κ2) is 10.1. The van der Waals surface area contributed by atoms with Crippen LogP contribution in [0.1, 0.15) is 18.1 Å². The third-order valence-electron chi connectivity index (χ3n) is 4.20. The van der Waals surface area contributed by atoms with Gasteiger partial charge in [0.05, 0.1) is 10.6 Å². The van der Waals surface area contributed by atoms with E-state index >= 15 is 0 Å². The summed E-state index contributed by atoms with van der Waals surface area (Å²) < 4.78 is 6.90. The van der Waals surface area contributed by atoms with Gasteiger partial charge in [-0.1, -0.05) is 29.3 Å². The summed E-state index contributed by atoms with van der Waals surface area (Å²) in [6.45, 7) is 1.77. The van der Waals surface area contributed by atoms with Crippen molar-refractivity contribution >= 4 is 40.5 Å². The molecule has 1 heterocycles. The molecule has 3 rings (SSSR count). The average Bonchev–Trinajstić information content (AvgIpc) is 3.21. The number of carbonyl (C=O) groups is 1. The smallest absolute Gasteiger partial charge is 0.307 e. The molecule has 0 saturated carbocycles. The summed E-state index contributed by atoms with van der Waals surface area (Å²) in [5.74, 6) is 0.158. The van der Waals surface area contributed by atoms with E-state index in [0.717, 1.165) is 16.4 Å². The predicted octanol–water partition coefficient (Wildman–Crippen LogP) is 4.22. The minimum Gasteiger partial charge on any atom is -0.489 e. The highest BCUT2D eigenvalue weighted by atomic mass is 35.5. The monoisotopic (exact) mass is 461 g/mol. The molecule has 3 aromatic rings. The summed E-state index contributed by atoms with van der Waals surface area (Å²) in [6.07, 6.45) is 2.25. The van der Waals surface area contributed by atoms with Crippen molar-refractivity contribution < 1.29 is 14.5 Å². The second-order valence-corrected chi connectivity index (χ2v) is 7.21. The number of hydrazone groups is 1. The molecule has 1 amide bonds. The van der Waals surface area contributed by atoms with Gasteiger partial charge in [0.15, 0.2) is 0 Å². The van der Waals surface area contributed by atoms with Gasteiger partial charge >= 0.3 is 5.69 Å². The van der Waals surface area contributed by atoms with Gasteiger partial charge in [-0.25, -0.2) is 5.43 Å². The number of hydrogen-bond acceptors (Lipinski definition) is 6. The van der Waals surface area contributed by atoms with Gasteiger partial charge in [0.25, 0.3) is 5.91 Å². The van der Waals surface area contributed by atoms with Crippen molar-refractivity contribution in [1.29, 1.82) is 0 Å². The Morgan fingerprint density at radius 1 is 1.23 bits per heavy atom. The molecule has 0 saturated heterocycles. The summed E-state index contributed by atoms with van der Waals surface area (Å²) in [6, 6.07) is 12.4. The van der Waals surface area contributed by atoms with Crippen LogP contribution in [0.25, 0.3) is 0 Å². The van der Waals surface area contributed by atoms with Gasteiger partial charge in [-0.2, -0.15) is 10.2 Å². The maximum Gasteiger partial charge on any atom is 0.307 e. The molecule has 160 valence electrons. The van der Waals surface area contributed by atoms with Crippen LogP contribution in [0.4, 0.5) is 5.69 Å². The Morgan fingerprint density at radius 2 is 1.90 bits per heavy atom. The Labute approximate surface area is 187 Å². The van der Waals surface area contributed by atoms with Gasteiger partial charge in [-0.3, -0.25) is 19.6 Å². The zero-order chi connectivity index (χ0) is 22.4. The number of nitrogens with one attached hydrogen (secondary N) is 1. The number of aromatic nitrogens is 2. The molecule has 0 atom stereocenters. The largest absolute Gasteiger partial charge is 0.489 e. The van der Waals surface area contributed by atoms with Crippen molar-refractivity contribution in [2.75, 3.05) is 0 Å². The van der Waals surface area contributed by atoms with Crippen molar-refractivity contribution in [2.24, 2.45) is 5.10 Å². The molecular weight excluding hydrogens is 445 g/mol. The van der Waals surface area contributed by atoms with Crippen molar-refractivity contribution in [2.45, 2.75) is 20.1 Å². The van der Waals surface area contributed by atoms with Crippen LogP contribution >= 0.6 is 23.2 Å². The first-order valence-electron chi connectivity index (χ1n) is 8.99. The van der Waals surface area contributed by atoms with Gasteiger partial charge in [0, 0.05) is 15.6 Å². The fraction of sp³-hybridized carbons (Fsp3) is 0.150. The minimum atomic E-state index is -0.583. The molecule has 1 aromatic heterocycles. The van der Waals surface area contributed by atoms with E-state index in [2.05, 4.69) is 15.6 Å². The van der Waals surface area contributed by atoms with Gasteiger partial charge in [0.2, 0.25) is 0 Å². The van der Waals surface area contributed by atoms with Crippen LogP contribution in [0.5, 0.6) is 5.75 Å². The first-order valence-corrected chi connectivity index (χ1v) is 9.75. The predicted molar refractivity (Wildman–Crippen MR) is 116 cm³/mol. The highest BCUT2D eigenvalue weighted by Crippen LogP contribution is 2.26. The van der Waals surface area contributed by atoms with E-state index in [1.165, 1.54) is 6.20 Å². The molecular formula is C20H17Cl2N5O4. The van der Waals surface area contributed by atoms with Gasteiger partial charge in [0.1, 0.15) is 31.3 Å². The van der Waals surface area contributed by atoms with Crippen molar-refractivity contribution in [3.63, 3.8) is 0 Å². The quantitative estimate of drug-likeness (QED) is 0.306. The lowest BCUT2D eigenvalue weighted by Crippen LogP contribution is -2.24. The third kappa shape index (κ3) is 6.03. The number of ether oxygens (including phenoxy) is 1. The van der Waals surface area contributed by atoms with Crippen LogP contribution in [0.3, 0.4) is 0 Å². The highest BCUT2D eigenvalue weighted by molar-refractivity contribution is 6.35. The van der Waals surface area contributed by atoms with Crippen molar-refractivity contribution in [3.8, 4) is 5.75 Å². The Morgan fingerprint density at radius 3 is 2.52 bits per heavy atom. The Hall–Kier alpha value is -3.43. The van der Waals surface area contributed by atoms with Crippen LogP contribution in [-0.2, 0) is 17.9 Å². The fourth-order valence-electron chi connectivity index (χ4n) is 2.54.